The van der Waals surface area contributed by atoms with E-state index in [1.165, 1.54) is 12.1 Å². The van der Waals surface area contributed by atoms with Gasteiger partial charge in [-0.1, -0.05) is 16.8 Å². The van der Waals surface area contributed by atoms with E-state index >= 15 is 0 Å². The van der Waals surface area contributed by atoms with Crippen molar-refractivity contribution in [2.24, 2.45) is 0 Å². The molecule has 0 fully saturated rings. The molecule has 0 radical (unpaired) electrons. The zero-order valence-electron chi connectivity index (χ0n) is 10.9. The summed E-state index contributed by atoms with van der Waals surface area (Å²) in [6.45, 7) is 3.70. The summed E-state index contributed by atoms with van der Waals surface area (Å²) >= 11 is 5.78. The third kappa shape index (κ3) is 2.20. The highest BCUT2D eigenvalue weighted by molar-refractivity contribution is 6.31. The lowest BCUT2D eigenvalue weighted by Crippen LogP contribution is -1.94. The van der Waals surface area contributed by atoms with Gasteiger partial charge in [-0.05, 0) is 38.1 Å². The summed E-state index contributed by atoms with van der Waals surface area (Å²) in [5, 5.41) is 7.97. The molecule has 3 aromatic rings. The van der Waals surface area contributed by atoms with Crippen LogP contribution in [0.3, 0.4) is 0 Å². The van der Waals surface area contributed by atoms with Gasteiger partial charge in [-0.3, -0.25) is 0 Å². The fourth-order valence-electron chi connectivity index (χ4n) is 2.05. The van der Waals surface area contributed by atoms with Crippen molar-refractivity contribution in [3.63, 3.8) is 0 Å². The maximum atomic E-state index is 13.2. The van der Waals surface area contributed by atoms with Gasteiger partial charge in [0.1, 0.15) is 5.82 Å². The highest BCUT2D eigenvalue weighted by Crippen LogP contribution is 2.30. The normalized spacial score (nSPS) is 11.0. The highest BCUT2D eigenvalue weighted by atomic mass is 35.5. The van der Waals surface area contributed by atoms with Crippen LogP contribution >= 0.6 is 11.6 Å². The molecule has 6 heteroatoms. The van der Waals surface area contributed by atoms with E-state index in [0.717, 1.165) is 22.5 Å². The predicted octanol–water partition coefficient (Wildman–Crippen LogP) is 4.38. The topological polar surface area (TPSA) is 51.0 Å². The van der Waals surface area contributed by atoms with E-state index in [4.69, 9.17) is 16.1 Å². The fourth-order valence-corrected chi connectivity index (χ4v) is 2.23. The number of hydrogen-bond acceptors (Lipinski definition) is 4. The van der Waals surface area contributed by atoms with Gasteiger partial charge < -0.3 is 9.84 Å². The van der Waals surface area contributed by atoms with Crippen LogP contribution in [0.4, 0.5) is 15.8 Å². The molecule has 2 aromatic heterocycles. The lowest BCUT2D eigenvalue weighted by Gasteiger charge is -2.09. The number of aryl methyl sites for hydroxylation is 2. The molecule has 3 rings (SSSR count). The van der Waals surface area contributed by atoms with Crippen LogP contribution in [0.2, 0.25) is 5.02 Å². The first-order valence-electron chi connectivity index (χ1n) is 6.00. The summed E-state index contributed by atoms with van der Waals surface area (Å²) in [5.41, 5.74) is 3.49. The van der Waals surface area contributed by atoms with E-state index in [1.54, 1.807) is 6.07 Å². The second kappa shape index (κ2) is 4.76. The number of aromatic nitrogens is 2. The Morgan fingerprint density at radius 1 is 1.25 bits per heavy atom. The molecule has 0 aliphatic heterocycles. The standard InChI is InChI=1S/C14H11ClFN3O/c1-7-5-12(13-8(2)19-20-14(13)17-7)18-9-3-4-11(16)10(15)6-9/h3-6H,1-2H3,(H,17,18). The number of benzene rings is 1. The van der Waals surface area contributed by atoms with E-state index in [-0.39, 0.29) is 5.02 Å². The molecule has 102 valence electrons. The molecule has 0 spiro atoms. The van der Waals surface area contributed by atoms with Crippen LogP contribution in [0.25, 0.3) is 11.1 Å². The van der Waals surface area contributed by atoms with E-state index in [9.17, 15) is 4.39 Å². The van der Waals surface area contributed by atoms with E-state index in [2.05, 4.69) is 15.5 Å². The van der Waals surface area contributed by atoms with Gasteiger partial charge in [0.05, 0.1) is 21.8 Å². The first-order chi connectivity index (χ1) is 9.54. The molecule has 0 amide bonds. The van der Waals surface area contributed by atoms with Crippen LogP contribution in [0.1, 0.15) is 11.4 Å². The average Bonchev–Trinajstić information content (AvgIpc) is 2.75. The van der Waals surface area contributed by atoms with Crippen molar-refractivity contribution in [3.8, 4) is 0 Å². The lowest BCUT2D eigenvalue weighted by atomic mass is 10.2. The number of nitrogens with one attached hydrogen (secondary N) is 1. The fraction of sp³-hybridized carbons (Fsp3) is 0.143. The van der Waals surface area contributed by atoms with Crippen molar-refractivity contribution < 1.29 is 8.91 Å². The molecule has 0 saturated carbocycles. The van der Waals surface area contributed by atoms with Crippen molar-refractivity contribution in [2.75, 3.05) is 5.32 Å². The van der Waals surface area contributed by atoms with Gasteiger partial charge in [0, 0.05) is 11.4 Å². The minimum Gasteiger partial charge on any atom is -0.355 e. The van der Waals surface area contributed by atoms with Crippen LogP contribution in [-0.2, 0) is 0 Å². The van der Waals surface area contributed by atoms with Crippen LogP contribution in [-0.4, -0.2) is 10.1 Å². The second-order valence-electron chi connectivity index (χ2n) is 4.51. The van der Waals surface area contributed by atoms with Crippen molar-refractivity contribution in [1.29, 1.82) is 0 Å². The predicted molar refractivity (Wildman–Crippen MR) is 76.0 cm³/mol. The Morgan fingerprint density at radius 3 is 2.80 bits per heavy atom. The Bertz CT molecular complexity index is 800. The zero-order valence-corrected chi connectivity index (χ0v) is 11.6. The van der Waals surface area contributed by atoms with Gasteiger partial charge in [0.2, 0.25) is 0 Å². The first-order valence-corrected chi connectivity index (χ1v) is 6.38. The largest absolute Gasteiger partial charge is 0.355 e. The molecule has 0 aliphatic carbocycles. The molecule has 1 aromatic carbocycles. The highest BCUT2D eigenvalue weighted by Gasteiger charge is 2.12. The molecule has 0 unspecified atom stereocenters. The van der Waals surface area contributed by atoms with Crippen LogP contribution in [0.15, 0.2) is 28.8 Å². The summed E-state index contributed by atoms with van der Waals surface area (Å²) in [6, 6.07) is 6.34. The minimum atomic E-state index is -0.450. The average molecular weight is 292 g/mol. The Labute approximate surface area is 119 Å². The Morgan fingerprint density at radius 2 is 2.05 bits per heavy atom. The third-order valence-electron chi connectivity index (χ3n) is 2.94. The van der Waals surface area contributed by atoms with Crippen molar-refractivity contribution in [3.05, 3.63) is 46.5 Å². The number of fused-ring (bicyclic) bond motifs is 1. The Kier molecular flexibility index (Phi) is 3.06. The number of anilines is 2. The molecule has 1 N–H and O–H groups in total. The van der Waals surface area contributed by atoms with Crippen LogP contribution < -0.4 is 5.32 Å². The third-order valence-corrected chi connectivity index (χ3v) is 3.23. The Hall–Kier alpha value is -2.14. The van der Waals surface area contributed by atoms with Crippen molar-refractivity contribution in [2.45, 2.75) is 13.8 Å². The van der Waals surface area contributed by atoms with Gasteiger partial charge in [-0.15, -0.1) is 0 Å². The number of pyridine rings is 1. The van der Waals surface area contributed by atoms with Gasteiger partial charge in [0.25, 0.3) is 5.71 Å². The number of hydrogen-bond donors (Lipinski definition) is 1. The van der Waals surface area contributed by atoms with E-state index in [1.807, 2.05) is 19.9 Å². The molecular weight excluding hydrogens is 281 g/mol. The maximum absolute atomic E-state index is 13.2. The molecular formula is C14H11ClFN3O. The van der Waals surface area contributed by atoms with Gasteiger partial charge in [-0.2, -0.15) is 0 Å². The molecule has 0 atom stereocenters. The number of nitrogens with zero attached hydrogens (tertiary/aromatic N) is 2. The molecule has 0 saturated heterocycles. The van der Waals surface area contributed by atoms with Gasteiger partial charge in [-0.25, -0.2) is 9.37 Å². The first kappa shape index (κ1) is 12.9. The summed E-state index contributed by atoms with van der Waals surface area (Å²) < 4.78 is 18.3. The summed E-state index contributed by atoms with van der Waals surface area (Å²) in [4.78, 5) is 4.28. The summed E-state index contributed by atoms with van der Waals surface area (Å²) in [6.07, 6.45) is 0. The molecule has 4 nitrogen and oxygen atoms in total. The van der Waals surface area contributed by atoms with E-state index < -0.39 is 5.82 Å². The van der Waals surface area contributed by atoms with Gasteiger partial charge >= 0.3 is 0 Å². The molecule has 0 aliphatic rings. The monoisotopic (exact) mass is 291 g/mol. The lowest BCUT2D eigenvalue weighted by molar-refractivity contribution is 0.442. The molecule has 0 bridgehead atoms. The molecule has 2 heterocycles. The zero-order chi connectivity index (χ0) is 14.3. The number of rotatable bonds is 2. The van der Waals surface area contributed by atoms with E-state index in [0.29, 0.717) is 11.4 Å². The summed E-state index contributed by atoms with van der Waals surface area (Å²) in [7, 11) is 0. The summed E-state index contributed by atoms with van der Waals surface area (Å²) in [5.74, 6) is -0.450. The smallest absolute Gasteiger partial charge is 0.260 e. The van der Waals surface area contributed by atoms with Crippen molar-refractivity contribution >= 4 is 34.1 Å². The maximum Gasteiger partial charge on any atom is 0.260 e. The van der Waals surface area contributed by atoms with Crippen LogP contribution in [0.5, 0.6) is 0 Å². The van der Waals surface area contributed by atoms with Crippen molar-refractivity contribution in [1.82, 2.24) is 10.1 Å². The second-order valence-corrected chi connectivity index (χ2v) is 4.92. The minimum absolute atomic E-state index is 0.0686. The van der Waals surface area contributed by atoms with Gasteiger partial charge in [0.15, 0.2) is 0 Å². The molecule has 20 heavy (non-hydrogen) atoms. The number of halogens is 2. The quantitative estimate of drug-likeness (QED) is 0.761. The Balaban J connectivity index is 2.09. The SMILES string of the molecule is Cc1cc(Nc2ccc(F)c(Cl)c2)c2c(C)noc2n1. The van der Waals surface area contributed by atoms with Crippen LogP contribution in [0, 0.1) is 19.7 Å².